The first-order chi connectivity index (χ1) is 12.4. The predicted octanol–water partition coefficient (Wildman–Crippen LogP) is 2.30. The average molecular weight is 356 g/mol. The maximum absolute atomic E-state index is 12.9. The summed E-state index contributed by atoms with van der Waals surface area (Å²) in [5.74, 6) is 0.355. The van der Waals surface area contributed by atoms with Crippen molar-refractivity contribution in [3.05, 3.63) is 42.2 Å². The van der Waals surface area contributed by atoms with Gasteiger partial charge in [-0.25, -0.2) is 0 Å². The molecule has 1 N–H and O–H groups in total. The zero-order valence-electron chi connectivity index (χ0n) is 15.4. The lowest BCUT2D eigenvalue weighted by Gasteiger charge is -2.39. The van der Waals surface area contributed by atoms with Crippen molar-refractivity contribution in [3.63, 3.8) is 0 Å². The Morgan fingerprint density at radius 1 is 1.12 bits per heavy atom. The number of nitrogens with one attached hydrogen (secondary N) is 1. The molecule has 2 amide bonds. The number of aryl methyl sites for hydroxylation is 1. The third kappa shape index (κ3) is 3.71. The Labute approximate surface area is 152 Å². The molecule has 1 aromatic heterocycles. The van der Waals surface area contributed by atoms with Crippen LogP contribution in [0.2, 0.25) is 0 Å². The van der Waals surface area contributed by atoms with Gasteiger partial charge in [0, 0.05) is 37.9 Å². The van der Waals surface area contributed by atoms with Crippen molar-refractivity contribution < 1.29 is 14.1 Å². The summed E-state index contributed by atoms with van der Waals surface area (Å²) >= 11 is 0. The van der Waals surface area contributed by atoms with Crippen molar-refractivity contribution in [3.8, 4) is 0 Å². The lowest BCUT2D eigenvalue weighted by atomic mass is 9.90. The molecule has 0 saturated carbocycles. The molecule has 0 unspecified atom stereocenters. The topological polar surface area (TPSA) is 78.7 Å². The molecule has 1 fully saturated rings. The van der Waals surface area contributed by atoms with Crippen molar-refractivity contribution in [2.24, 2.45) is 5.41 Å². The van der Waals surface area contributed by atoms with E-state index in [1.54, 1.807) is 31.7 Å². The Kier molecular flexibility index (Phi) is 4.97. The van der Waals surface area contributed by atoms with Gasteiger partial charge in [-0.15, -0.1) is 0 Å². The van der Waals surface area contributed by atoms with Gasteiger partial charge in [-0.1, -0.05) is 23.4 Å². The second-order valence-electron chi connectivity index (χ2n) is 7.02. The van der Waals surface area contributed by atoms with E-state index < -0.39 is 5.41 Å². The molecule has 0 atom stereocenters. The number of anilines is 2. The standard InChI is InChI=1S/C19H24N4O3/c1-14-13-16(21-26-14)20-17(24)19(2,3)18(25)23-11-9-22(10-12-23)15-7-5-4-6-8-15/h4-8,13H,9-12H2,1-3H3,(H,20,21,24). The number of hydrogen-bond donors (Lipinski definition) is 1. The summed E-state index contributed by atoms with van der Waals surface area (Å²) in [5.41, 5.74) is -0.0279. The van der Waals surface area contributed by atoms with Gasteiger partial charge in [0.15, 0.2) is 5.82 Å². The lowest BCUT2D eigenvalue weighted by molar-refractivity contribution is -0.146. The van der Waals surface area contributed by atoms with Gasteiger partial charge in [0.05, 0.1) is 0 Å². The fraction of sp³-hybridized carbons (Fsp3) is 0.421. The van der Waals surface area contributed by atoms with Crippen molar-refractivity contribution >= 4 is 23.3 Å². The highest BCUT2D eigenvalue weighted by molar-refractivity contribution is 6.09. The van der Waals surface area contributed by atoms with Crippen molar-refractivity contribution in [1.82, 2.24) is 10.1 Å². The molecular formula is C19H24N4O3. The number of piperazine rings is 1. The van der Waals surface area contributed by atoms with Gasteiger partial charge in [0.2, 0.25) is 11.8 Å². The minimum atomic E-state index is -1.18. The van der Waals surface area contributed by atoms with Gasteiger partial charge in [0.1, 0.15) is 11.2 Å². The first-order valence-electron chi connectivity index (χ1n) is 8.72. The summed E-state index contributed by atoms with van der Waals surface area (Å²) in [5, 5.41) is 6.40. The fourth-order valence-corrected chi connectivity index (χ4v) is 3.00. The van der Waals surface area contributed by atoms with E-state index in [4.69, 9.17) is 4.52 Å². The molecule has 0 bridgehead atoms. The van der Waals surface area contributed by atoms with Crippen LogP contribution < -0.4 is 10.2 Å². The van der Waals surface area contributed by atoms with E-state index in [-0.39, 0.29) is 11.8 Å². The minimum absolute atomic E-state index is 0.178. The van der Waals surface area contributed by atoms with Crippen LogP contribution in [0.4, 0.5) is 11.5 Å². The van der Waals surface area contributed by atoms with Crippen molar-refractivity contribution in [2.45, 2.75) is 20.8 Å². The third-order valence-electron chi connectivity index (χ3n) is 4.66. The van der Waals surface area contributed by atoms with E-state index in [9.17, 15) is 9.59 Å². The number of rotatable bonds is 4. The molecular weight excluding hydrogens is 332 g/mol. The molecule has 1 aliphatic rings. The molecule has 2 aromatic rings. The quantitative estimate of drug-likeness (QED) is 0.851. The van der Waals surface area contributed by atoms with Crippen LogP contribution in [0.25, 0.3) is 0 Å². The van der Waals surface area contributed by atoms with E-state index in [2.05, 4.69) is 27.5 Å². The number of para-hydroxylation sites is 1. The number of hydrogen-bond acceptors (Lipinski definition) is 5. The molecule has 1 aliphatic heterocycles. The highest BCUT2D eigenvalue weighted by Gasteiger charge is 2.40. The van der Waals surface area contributed by atoms with Crippen LogP contribution in [-0.4, -0.2) is 48.0 Å². The van der Waals surface area contributed by atoms with E-state index >= 15 is 0 Å². The van der Waals surface area contributed by atoms with Crippen LogP contribution in [0.5, 0.6) is 0 Å². The molecule has 7 nitrogen and oxygen atoms in total. The van der Waals surface area contributed by atoms with Gasteiger partial charge in [-0.05, 0) is 32.9 Å². The number of carbonyl (C=O) groups excluding carboxylic acids is 2. The first kappa shape index (κ1) is 18.0. The molecule has 138 valence electrons. The van der Waals surface area contributed by atoms with E-state index in [0.717, 1.165) is 18.8 Å². The lowest BCUT2D eigenvalue weighted by Crippen LogP contribution is -2.54. The summed E-state index contributed by atoms with van der Waals surface area (Å²) < 4.78 is 4.94. The van der Waals surface area contributed by atoms with Gasteiger partial charge >= 0.3 is 0 Å². The number of amides is 2. The second kappa shape index (κ2) is 7.19. The van der Waals surface area contributed by atoms with Crippen LogP contribution in [0, 0.1) is 12.3 Å². The van der Waals surface area contributed by atoms with Gasteiger partial charge in [-0.3, -0.25) is 9.59 Å². The Morgan fingerprint density at radius 2 is 1.77 bits per heavy atom. The summed E-state index contributed by atoms with van der Waals surface area (Å²) in [4.78, 5) is 29.5. The molecule has 26 heavy (non-hydrogen) atoms. The highest BCUT2D eigenvalue weighted by atomic mass is 16.5. The van der Waals surface area contributed by atoms with E-state index in [1.807, 2.05) is 18.2 Å². The van der Waals surface area contributed by atoms with E-state index in [1.165, 1.54) is 0 Å². The molecule has 0 spiro atoms. The van der Waals surface area contributed by atoms with Crippen LogP contribution in [0.15, 0.2) is 40.9 Å². The van der Waals surface area contributed by atoms with Crippen LogP contribution in [0.1, 0.15) is 19.6 Å². The molecule has 0 aliphatic carbocycles. The smallest absolute Gasteiger partial charge is 0.240 e. The van der Waals surface area contributed by atoms with Gasteiger partial charge in [-0.2, -0.15) is 0 Å². The monoisotopic (exact) mass is 356 g/mol. The Bertz CT molecular complexity index is 777. The average Bonchev–Trinajstić information content (AvgIpc) is 3.06. The van der Waals surface area contributed by atoms with E-state index in [0.29, 0.717) is 24.7 Å². The first-order valence-corrected chi connectivity index (χ1v) is 8.72. The largest absolute Gasteiger partial charge is 0.368 e. The SMILES string of the molecule is Cc1cc(NC(=O)C(C)(C)C(=O)N2CCN(c3ccccc3)CC2)no1. The van der Waals surface area contributed by atoms with Crippen LogP contribution in [0.3, 0.4) is 0 Å². The Balaban J connectivity index is 1.60. The van der Waals surface area contributed by atoms with Crippen LogP contribution >= 0.6 is 0 Å². The highest BCUT2D eigenvalue weighted by Crippen LogP contribution is 2.24. The number of nitrogens with zero attached hydrogens (tertiary/aromatic N) is 3. The van der Waals surface area contributed by atoms with Crippen molar-refractivity contribution in [2.75, 3.05) is 36.4 Å². The fourth-order valence-electron chi connectivity index (χ4n) is 3.00. The number of benzene rings is 1. The molecule has 7 heteroatoms. The van der Waals surface area contributed by atoms with Gasteiger partial charge < -0.3 is 19.6 Å². The maximum Gasteiger partial charge on any atom is 0.240 e. The number of carbonyl (C=O) groups is 2. The molecule has 2 heterocycles. The zero-order valence-corrected chi connectivity index (χ0v) is 15.4. The molecule has 0 radical (unpaired) electrons. The molecule has 1 saturated heterocycles. The zero-order chi connectivity index (χ0) is 18.7. The normalized spacial score (nSPS) is 15.0. The van der Waals surface area contributed by atoms with Crippen LogP contribution in [-0.2, 0) is 9.59 Å². The minimum Gasteiger partial charge on any atom is -0.368 e. The number of aromatic nitrogens is 1. The van der Waals surface area contributed by atoms with Gasteiger partial charge in [0.25, 0.3) is 0 Å². The summed E-state index contributed by atoms with van der Waals surface area (Å²) in [6.07, 6.45) is 0. The molecule has 1 aromatic carbocycles. The maximum atomic E-state index is 12.9. The Hall–Kier alpha value is -2.83. The summed E-state index contributed by atoms with van der Waals surface area (Å²) in [6.45, 7) is 7.69. The molecule has 3 rings (SSSR count). The summed E-state index contributed by atoms with van der Waals surface area (Å²) in [6, 6.07) is 11.7. The Morgan fingerprint density at radius 3 is 2.35 bits per heavy atom. The van der Waals surface area contributed by atoms with Crippen molar-refractivity contribution in [1.29, 1.82) is 0 Å². The predicted molar refractivity (Wildman–Crippen MR) is 98.9 cm³/mol. The second-order valence-corrected chi connectivity index (χ2v) is 7.02. The third-order valence-corrected chi connectivity index (χ3v) is 4.66. The summed E-state index contributed by atoms with van der Waals surface area (Å²) in [7, 11) is 0.